The van der Waals surface area contributed by atoms with E-state index in [1.165, 1.54) is 6.08 Å². The zero-order valence-electron chi connectivity index (χ0n) is 12.5. The molecule has 0 unspecified atom stereocenters. The number of primary amides is 1. The van der Waals surface area contributed by atoms with Gasteiger partial charge < -0.3 is 10.5 Å². The first-order chi connectivity index (χ1) is 10.7. The van der Waals surface area contributed by atoms with Crippen LogP contribution in [0.1, 0.15) is 25.3 Å². The van der Waals surface area contributed by atoms with E-state index in [1.807, 2.05) is 42.5 Å². The number of rotatable bonds is 6. The lowest BCUT2D eigenvalue weighted by Gasteiger charge is -2.12. The lowest BCUT2D eigenvalue weighted by atomic mass is 10.0. The molecule has 0 saturated heterocycles. The minimum atomic E-state index is -0.741. The molecule has 2 rings (SSSR count). The van der Waals surface area contributed by atoms with Gasteiger partial charge in [0.1, 0.15) is 17.4 Å². The zero-order valence-corrected chi connectivity index (χ0v) is 12.5. The summed E-state index contributed by atoms with van der Waals surface area (Å²) in [5.41, 5.74) is 5.87. The average Bonchev–Trinajstić information content (AvgIpc) is 2.53. The Hall–Kier alpha value is -2.80. The molecule has 0 fully saturated rings. The SMILES string of the molecule is CCCCOc1ccc2ccccc2c1C=C(C#N)C(N)=O. The van der Waals surface area contributed by atoms with Crippen molar-refractivity contribution >= 4 is 22.8 Å². The zero-order chi connectivity index (χ0) is 15.9. The fourth-order valence-corrected chi connectivity index (χ4v) is 2.18. The van der Waals surface area contributed by atoms with Crippen LogP contribution in [0.3, 0.4) is 0 Å². The first-order valence-corrected chi connectivity index (χ1v) is 7.23. The second-order valence-corrected chi connectivity index (χ2v) is 4.93. The van der Waals surface area contributed by atoms with Gasteiger partial charge in [0, 0.05) is 5.56 Å². The summed E-state index contributed by atoms with van der Waals surface area (Å²) < 4.78 is 5.80. The summed E-state index contributed by atoms with van der Waals surface area (Å²) >= 11 is 0. The number of carbonyl (C=O) groups excluding carboxylic acids is 1. The van der Waals surface area contributed by atoms with Gasteiger partial charge in [0.15, 0.2) is 0 Å². The third-order valence-corrected chi connectivity index (χ3v) is 3.36. The Morgan fingerprint density at radius 1 is 1.32 bits per heavy atom. The molecule has 0 atom stereocenters. The van der Waals surface area contributed by atoms with Crippen LogP contribution < -0.4 is 10.5 Å². The molecule has 0 aliphatic heterocycles. The predicted molar refractivity (Wildman–Crippen MR) is 87.1 cm³/mol. The highest BCUT2D eigenvalue weighted by Gasteiger charge is 2.11. The van der Waals surface area contributed by atoms with Gasteiger partial charge in [-0.05, 0) is 29.3 Å². The van der Waals surface area contributed by atoms with E-state index in [0.29, 0.717) is 17.9 Å². The topological polar surface area (TPSA) is 76.1 Å². The molecule has 2 N–H and O–H groups in total. The summed E-state index contributed by atoms with van der Waals surface area (Å²) in [7, 11) is 0. The lowest BCUT2D eigenvalue weighted by Crippen LogP contribution is -2.12. The fraction of sp³-hybridized carbons (Fsp3) is 0.222. The van der Waals surface area contributed by atoms with Gasteiger partial charge in [-0.15, -0.1) is 0 Å². The summed E-state index contributed by atoms with van der Waals surface area (Å²) in [4.78, 5) is 11.3. The maximum absolute atomic E-state index is 11.3. The highest BCUT2D eigenvalue weighted by Crippen LogP contribution is 2.30. The average molecular weight is 294 g/mol. The molecule has 0 spiro atoms. The number of hydrogen-bond acceptors (Lipinski definition) is 3. The van der Waals surface area contributed by atoms with Gasteiger partial charge in [0.2, 0.25) is 0 Å². The van der Waals surface area contributed by atoms with Crippen LogP contribution in [0.25, 0.3) is 16.8 Å². The van der Waals surface area contributed by atoms with Crippen molar-refractivity contribution in [3.63, 3.8) is 0 Å². The van der Waals surface area contributed by atoms with Crippen LogP contribution in [0.2, 0.25) is 0 Å². The van der Waals surface area contributed by atoms with Crippen molar-refractivity contribution in [2.45, 2.75) is 19.8 Å². The van der Waals surface area contributed by atoms with Crippen LogP contribution in [0.5, 0.6) is 5.75 Å². The minimum Gasteiger partial charge on any atom is -0.493 e. The van der Waals surface area contributed by atoms with Crippen molar-refractivity contribution in [1.82, 2.24) is 0 Å². The Morgan fingerprint density at radius 2 is 2.09 bits per heavy atom. The Bertz CT molecular complexity index is 757. The third kappa shape index (κ3) is 3.44. The number of fused-ring (bicyclic) bond motifs is 1. The van der Waals surface area contributed by atoms with Crippen molar-refractivity contribution in [3.8, 4) is 11.8 Å². The monoisotopic (exact) mass is 294 g/mol. The number of benzene rings is 2. The maximum Gasteiger partial charge on any atom is 0.259 e. The highest BCUT2D eigenvalue weighted by molar-refractivity contribution is 6.04. The van der Waals surface area contributed by atoms with Gasteiger partial charge in [0.05, 0.1) is 6.61 Å². The van der Waals surface area contributed by atoms with Crippen LogP contribution >= 0.6 is 0 Å². The third-order valence-electron chi connectivity index (χ3n) is 3.36. The van der Waals surface area contributed by atoms with Crippen LogP contribution in [0.15, 0.2) is 42.0 Å². The molecule has 2 aromatic carbocycles. The quantitative estimate of drug-likeness (QED) is 0.504. The number of nitrogens with two attached hydrogens (primary N) is 1. The van der Waals surface area contributed by atoms with E-state index < -0.39 is 5.91 Å². The molecule has 22 heavy (non-hydrogen) atoms. The van der Waals surface area contributed by atoms with E-state index in [2.05, 4.69) is 6.92 Å². The van der Waals surface area contributed by atoms with Gasteiger partial charge in [-0.3, -0.25) is 4.79 Å². The lowest BCUT2D eigenvalue weighted by molar-refractivity contribution is -0.114. The Morgan fingerprint density at radius 3 is 2.77 bits per heavy atom. The molecule has 2 aromatic rings. The summed E-state index contributed by atoms with van der Waals surface area (Å²) in [6, 6.07) is 13.4. The number of hydrogen-bond donors (Lipinski definition) is 1. The second kappa shape index (κ2) is 7.28. The van der Waals surface area contributed by atoms with E-state index in [0.717, 1.165) is 23.6 Å². The number of amides is 1. The molecule has 0 aromatic heterocycles. The number of nitriles is 1. The maximum atomic E-state index is 11.3. The number of ether oxygens (including phenoxy) is 1. The first-order valence-electron chi connectivity index (χ1n) is 7.23. The van der Waals surface area contributed by atoms with Crippen molar-refractivity contribution in [1.29, 1.82) is 5.26 Å². The molecule has 1 amide bonds. The van der Waals surface area contributed by atoms with Gasteiger partial charge in [-0.1, -0.05) is 43.7 Å². The molecular formula is C18H18N2O2. The smallest absolute Gasteiger partial charge is 0.259 e. The van der Waals surface area contributed by atoms with Crippen LogP contribution in [0.4, 0.5) is 0 Å². The summed E-state index contributed by atoms with van der Waals surface area (Å²) in [6.45, 7) is 2.68. The molecule has 0 saturated carbocycles. The van der Waals surface area contributed by atoms with Crippen molar-refractivity contribution in [2.75, 3.05) is 6.61 Å². The molecule has 4 nitrogen and oxygen atoms in total. The van der Waals surface area contributed by atoms with Gasteiger partial charge >= 0.3 is 0 Å². The van der Waals surface area contributed by atoms with Crippen molar-refractivity contribution in [2.24, 2.45) is 5.73 Å². The van der Waals surface area contributed by atoms with Crippen LogP contribution in [-0.2, 0) is 4.79 Å². The van der Waals surface area contributed by atoms with E-state index in [4.69, 9.17) is 15.7 Å². The summed E-state index contributed by atoms with van der Waals surface area (Å²) in [6.07, 6.45) is 3.48. The largest absolute Gasteiger partial charge is 0.493 e. The summed E-state index contributed by atoms with van der Waals surface area (Å²) in [5.74, 6) is -0.0870. The Labute approximate surface area is 129 Å². The van der Waals surface area contributed by atoms with Crippen LogP contribution in [-0.4, -0.2) is 12.5 Å². The summed E-state index contributed by atoms with van der Waals surface area (Å²) in [5, 5.41) is 11.0. The number of carbonyl (C=O) groups is 1. The number of unbranched alkanes of at least 4 members (excludes halogenated alkanes) is 1. The molecule has 0 bridgehead atoms. The van der Waals surface area contributed by atoms with E-state index in [1.54, 1.807) is 0 Å². The fourth-order valence-electron chi connectivity index (χ4n) is 2.18. The standard InChI is InChI=1S/C18H18N2O2/c1-2-3-10-22-17-9-8-13-6-4-5-7-15(13)16(17)11-14(12-19)18(20)21/h4-9,11H,2-3,10H2,1H3,(H2,20,21). The minimum absolute atomic E-state index is 0.0864. The van der Waals surface area contributed by atoms with Crippen LogP contribution in [0, 0.1) is 11.3 Å². The normalized spacial score (nSPS) is 11.2. The van der Waals surface area contributed by atoms with Gasteiger partial charge in [-0.25, -0.2) is 0 Å². The predicted octanol–water partition coefficient (Wildman–Crippen LogP) is 3.41. The number of nitrogens with zero attached hydrogens (tertiary/aromatic N) is 1. The van der Waals surface area contributed by atoms with E-state index >= 15 is 0 Å². The van der Waals surface area contributed by atoms with E-state index in [9.17, 15) is 4.79 Å². The molecule has 4 heteroatoms. The molecule has 0 aliphatic rings. The molecule has 0 aliphatic carbocycles. The molecule has 0 radical (unpaired) electrons. The molecule has 112 valence electrons. The Balaban J connectivity index is 2.57. The first kappa shape index (κ1) is 15.6. The molecular weight excluding hydrogens is 276 g/mol. The van der Waals surface area contributed by atoms with Crippen molar-refractivity contribution < 1.29 is 9.53 Å². The molecule has 0 heterocycles. The van der Waals surface area contributed by atoms with Gasteiger partial charge in [-0.2, -0.15) is 5.26 Å². The Kier molecular flexibility index (Phi) is 5.16. The van der Waals surface area contributed by atoms with E-state index in [-0.39, 0.29) is 5.57 Å². The highest BCUT2D eigenvalue weighted by atomic mass is 16.5. The van der Waals surface area contributed by atoms with Crippen molar-refractivity contribution in [3.05, 3.63) is 47.5 Å². The van der Waals surface area contributed by atoms with Gasteiger partial charge in [0.25, 0.3) is 5.91 Å². The second-order valence-electron chi connectivity index (χ2n) is 4.93.